The Hall–Kier alpha value is -3.33. The first kappa shape index (κ1) is 23.0. The first-order valence-electron chi connectivity index (χ1n) is 9.12. The summed E-state index contributed by atoms with van der Waals surface area (Å²) < 4.78 is 15.0. The number of carboxylic acid groups (broad SMARTS) is 1. The second-order valence-corrected chi connectivity index (χ2v) is 7.04. The number of ether oxygens (including phenoxy) is 3. The van der Waals surface area contributed by atoms with Crippen molar-refractivity contribution in [1.82, 2.24) is 0 Å². The Labute approximate surface area is 177 Å². The molecule has 2 aromatic rings. The second kappa shape index (κ2) is 9.93. The Morgan fingerprint density at radius 2 is 1.57 bits per heavy atom. The maximum Gasteiger partial charge on any atom is 0.347 e. The van der Waals surface area contributed by atoms with Crippen molar-refractivity contribution in [3.05, 3.63) is 45.8 Å². The number of hydrogen-bond acceptors (Lipinski definition) is 8. The molecular weight excluding hydrogens is 410 g/mol. The molecule has 0 radical (unpaired) electrons. The number of carboxylic acids is 1. The third-order valence-electron chi connectivity index (χ3n) is 4.19. The van der Waals surface area contributed by atoms with Crippen LogP contribution in [0.25, 0.3) is 16.1 Å². The minimum absolute atomic E-state index is 0.0153. The van der Waals surface area contributed by atoms with E-state index in [1.807, 2.05) is 0 Å². The van der Waals surface area contributed by atoms with Gasteiger partial charge in [0.2, 0.25) is 0 Å². The lowest BCUT2D eigenvalue weighted by Gasteiger charge is -2.10. The fourth-order valence-corrected chi connectivity index (χ4v) is 4.07. The van der Waals surface area contributed by atoms with Gasteiger partial charge in [0.05, 0.1) is 36.5 Å². The molecule has 0 spiro atoms. The molecule has 3 N–H and O–H groups in total. The van der Waals surface area contributed by atoms with Gasteiger partial charge < -0.3 is 25.1 Å². The lowest BCUT2D eigenvalue weighted by Crippen LogP contribution is -2.23. The third-order valence-corrected chi connectivity index (χ3v) is 5.56. The number of carbonyl (C=O) groups excluding carboxylic acids is 2. The number of methoxy groups -OCH3 is 1. The first-order chi connectivity index (χ1) is 14.3. The number of nitrogens with two attached hydrogens (primary N) is 1. The molecule has 2 rings (SSSR count). The minimum atomic E-state index is -1.23. The van der Waals surface area contributed by atoms with E-state index in [0.29, 0.717) is 16.2 Å². The summed E-state index contributed by atoms with van der Waals surface area (Å²) in [6.07, 6.45) is 0. The normalized spacial score (nSPS) is 10.3. The van der Waals surface area contributed by atoms with E-state index in [1.165, 1.54) is 0 Å². The van der Waals surface area contributed by atoms with E-state index in [2.05, 4.69) is 0 Å². The van der Waals surface area contributed by atoms with Crippen LogP contribution in [0.3, 0.4) is 0 Å². The second-order valence-electron chi connectivity index (χ2n) is 6.02. The highest BCUT2D eigenvalue weighted by atomic mass is 32.1. The minimum Gasteiger partial charge on any atom is -0.497 e. The van der Waals surface area contributed by atoms with Crippen LogP contribution in [0.2, 0.25) is 0 Å². The summed E-state index contributed by atoms with van der Waals surface area (Å²) in [6, 6.07) is 7.06. The van der Waals surface area contributed by atoms with E-state index in [4.69, 9.17) is 19.9 Å². The molecule has 0 saturated carbocycles. The Morgan fingerprint density at radius 3 is 2.00 bits per heavy atom. The summed E-state index contributed by atoms with van der Waals surface area (Å²) in [4.78, 5) is 37.4. The summed E-state index contributed by atoms with van der Waals surface area (Å²) in [6.45, 7) is 4.83. The monoisotopic (exact) mass is 433 g/mol. The van der Waals surface area contributed by atoms with Gasteiger partial charge in [-0.25, -0.2) is 14.4 Å². The smallest absolute Gasteiger partial charge is 0.347 e. The maximum atomic E-state index is 12.4. The van der Waals surface area contributed by atoms with Gasteiger partial charge in [0.25, 0.3) is 0 Å². The van der Waals surface area contributed by atoms with Crippen molar-refractivity contribution < 1.29 is 33.7 Å². The molecule has 0 amide bonds. The van der Waals surface area contributed by atoms with Gasteiger partial charge in [-0.3, -0.25) is 0 Å². The molecule has 8 nitrogen and oxygen atoms in total. The van der Waals surface area contributed by atoms with Crippen molar-refractivity contribution in [3.63, 3.8) is 0 Å². The summed E-state index contributed by atoms with van der Waals surface area (Å²) in [5, 5.41) is 9.78. The zero-order valence-corrected chi connectivity index (χ0v) is 17.9. The van der Waals surface area contributed by atoms with E-state index in [9.17, 15) is 19.5 Å². The topological polar surface area (TPSA) is 125 Å². The van der Waals surface area contributed by atoms with Crippen molar-refractivity contribution in [3.8, 4) is 16.2 Å². The van der Waals surface area contributed by atoms with Crippen molar-refractivity contribution >= 4 is 34.9 Å². The van der Waals surface area contributed by atoms with Crippen LogP contribution in [-0.2, 0) is 19.1 Å². The predicted octanol–water partition coefficient (Wildman–Crippen LogP) is 3.23. The van der Waals surface area contributed by atoms with E-state index in [0.717, 1.165) is 16.9 Å². The Bertz CT molecular complexity index is 970. The van der Waals surface area contributed by atoms with Gasteiger partial charge in [0, 0.05) is 4.88 Å². The summed E-state index contributed by atoms with van der Waals surface area (Å²) in [5.41, 5.74) is 6.45. The fraction of sp³-hybridized carbons (Fsp3) is 0.286. The van der Waals surface area contributed by atoms with Gasteiger partial charge in [0.1, 0.15) is 5.75 Å². The van der Waals surface area contributed by atoms with Crippen LogP contribution in [0.1, 0.15) is 34.6 Å². The SMILES string of the molecule is CCOC(=O)C(C(=O)OCC)=C(N)c1sc(-c2ccc(OC)cc2)c(C)c1C(=O)O. The van der Waals surface area contributed by atoms with Gasteiger partial charge in [0.15, 0.2) is 5.57 Å². The molecule has 0 fully saturated rings. The molecule has 0 unspecified atom stereocenters. The van der Waals surface area contributed by atoms with Gasteiger partial charge in [-0.1, -0.05) is 0 Å². The number of aromatic carboxylic acids is 1. The number of benzene rings is 1. The fourth-order valence-electron chi connectivity index (χ4n) is 2.80. The van der Waals surface area contributed by atoms with E-state index < -0.39 is 23.5 Å². The van der Waals surface area contributed by atoms with Crippen molar-refractivity contribution in [2.24, 2.45) is 5.73 Å². The lowest BCUT2D eigenvalue weighted by atomic mass is 10.0. The molecule has 0 atom stereocenters. The largest absolute Gasteiger partial charge is 0.497 e. The molecule has 1 aromatic heterocycles. The van der Waals surface area contributed by atoms with Crippen molar-refractivity contribution in [2.45, 2.75) is 20.8 Å². The van der Waals surface area contributed by atoms with Crippen molar-refractivity contribution in [2.75, 3.05) is 20.3 Å². The Morgan fingerprint density at radius 1 is 1.03 bits per heavy atom. The van der Waals surface area contributed by atoms with E-state index in [-0.39, 0.29) is 29.4 Å². The average molecular weight is 433 g/mol. The highest BCUT2D eigenvalue weighted by Gasteiger charge is 2.30. The summed E-state index contributed by atoms with van der Waals surface area (Å²) >= 11 is 1.07. The quantitative estimate of drug-likeness (QED) is 0.281. The molecule has 0 aliphatic heterocycles. The molecule has 30 heavy (non-hydrogen) atoms. The van der Waals surface area contributed by atoms with Crippen LogP contribution in [0.5, 0.6) is 5.75 Å². The van der Waals surface area contributed by atoms with Crippen LogP contribution < -0.4 is 10.5 Å². The van der Waals surface area contributed by atoms with Crippen LogP contribution in [-0.4, -0.2) is 43.3 Å². The third kappa shape index (κ3) is 4.62. The zero-order valence-electron chi connectivity index (χ0n) is 17.1. The lowest BCUT2D eigenvalue weighted by molar-refractivity contribution is -0.146. The van der Waals surface area contributed by atoms with E-state index >= 15 is 0 Å². The molecular formula is C21H23NO7S. The molecule has 0 bridgehead atoms. The maximum absolute atomic E-state index is 12.4. The Balaban J connectivity index is 2.73. The van der Waals surface area contributed by atoms with Crippen LogP contribution in [0.15, 0.2) is 29.8 Å². The van der Waals surface area contributed by atoms with Gasteiger partial charge in [-0.2, -0.15) is 0 Å². The van der Waals surface area contributed by atoms with Gasteiger partial charge in [-0.15, -0.1) is 11.3 Å². The number of thiophene rings is 1. The number of rotatable bonds is 8. The Kier molecular flexibility index (Phi) is 7.60. The first-order valence-corrected chi connectivity index (χ1v) is 9.93. The molecule has 160 valence electrons. The molecule has 0 aliphatic rings. The van der Waals surface area contributed by atoms with Gasteiger partial charge in [-0.05, 0) is 56.2 Å². The summed E-state index contributed by atoms with van der Waals surface area (Å²) in [5.74, 6) is -2.52. The number of esters is 2. The highest BCUT2D eigenvalue weighted by Crippen LogP contribution is 2.40. The molecule has 0 aliphatic carbocycles. The molecule has 1 heterocycles. The number of carbonyl (C=O) groups is 3. The zero-order chi connectivity index (χ0) is 22.4. The summed E-state index contributed by atoms with van der Waals surface area (Å²) in [7, 11) is 1.55. The number of hydrogen-bond donors (Lipinski definition) is 2. The molecule has 0 saturated heterocycles. The van der Waals surface area contributed by atoms with Crippen LogP contribution in [0.4, 0.5) is 0 Å². The molecule has 9 heteroatoms. The highest BCUT2D eigenvalue weighted by molar-refractivity contribution is 7.17. The van der Waals surface area contributed by atoms with E-state index in [1.54, 1.807) is 52.1 Å². The molecule has 1 aromatic carbocycles. The van der Waals surface area contributed by atoms with Crippen molar-refractivity contribution in [1.29, 1.82) is 0 Å². The van der Waals surface area contributed by atoms with Crippen LogP contribution in [0, 0.1) is 6.92 Å². The standard InChI is InChI=1S/C21H23NO7S/c1-5-28-20(25)15(21(26)29-6-2)16(22)18-14(19(23)24)11(3)17(30-18)12-7-9-13(27-4)10-8-12/h7-10H,5-6,22H2,1-4H3,(H,23,24). The van der Waals surface area contributed by atoms with Gasteiger partial charge >= 0.3 is 17.9 Å². The predicted molar refractivity (Wildman–Crippen MR) is 112 cm³/mol. The van der Waals surface area contributed by atoms with Crippen LogP contribution >= 0.6 is 11.3 Å². The average Bonchev–Trinajstić information content (AvgIpc) is 3.06.